The number of aromatic nitrogens is 2. The van der Waals surface area contributed by atoms with Crippen LogP contribution in [0.5, 0.6) is 0 Å². The third-order valence-corrected chi connectivity index (χ3v) is 2.10. The van der Waals surface area contributed by atoms with Gasteiger partial charge in [0.1, 0.15) is 0 Å². The van der Waals surface area contributed by atoms with Gasteiger partial charge in [-0.25, -0.2) is 0 Å². The van der Waals surface area contributed by atoms with E-state index < -0.39 is 6.10 Å². The Kier molecular flexibility index (Phi) is 3.71. The van der Waals surface area contributed by atoms with Crippen molar-refractivity contribution in [2.45, 2.75) is 19.6 Å². The topological polar surface area (TPSA) is 50.1 Å². The van der Waals surface area contributed by atoms with E-state index in [1.165, 1.54) is 0 Å². The largest absolute Gasteiger partial charge is 0.390 e. The van der Waals surface area contributed by atoms with Crippen LogP contribution >= 0.6 is 11.6 Å². The SMILES string of the molecule is CNCC(O)Cn1cc(Cl)c(C)n1. The average molecular weight is 204 g/mol. The summed E-state index contributed by atoms with van der Waals surface area (Å²) in [5.41, 5.74) is 0.790. The van der Waals surface area contributed by atoms with Crippen molar-refractivity contribution in [3.63, 3.8) is 0 Å². The van der Waals surface area contributed by atoms with Crippen LogP contribution in [-0.2, 0) is 6.54 Å². The van der Waals surface area contributed by atoms with Crippen molar-refractivity contribution in [1.82, 2.24) is 15.1 Å². The van der Waals surface area contributed by atoms with Gasteiger partial charge in [0.15, 0.2) is 0 Å². The van der Waals surface area contributed by atoms with Gasteiger partial charge in [-0.2, -0.15) is 5.10 Å². The lowest BCUT2D eigenvalue weighted by atomic mass is 10.3. The first-order valence-electron chi connectivity index (χ1n) is 4.15. The van der Waals surface area contributed by atoms with E-state index >= 15 is 0 Å². The zero-order chi connectivity index (χ0) is 9.84. The fourth-order valence-corrected chi connectivity index (χ4v) is 1.25. The van der Waals surface area contributed by atoms with E-state index in [0.29, 0.717) is 18.1 Å². The van der Waals surface area contributed by atoms with Gasteiger partial charge < -0.3 is 10.4 Å². The normalized spacial score (nSPS) is 13.2. The van der Waals surface area contributed by atoms with Gasteiger partial charge in [0.25, 0.3) is 0 Å². The highest BCUT2D eigenvalue weighted by molar-refractivity contribution is 6.31. The summed E-state index contributed by atoms with van der Waals surface area (Å²) >= 11 is 5.81. The zero-order valence-corrected chi connectivity index (χ0v) is 8.54. The number of rotatable bonds is 4. The molecule has 1 aromatic heterocycles. The first kappa shape index (κ1) is 10.5. The number of aliphatic hydroxyl groups is 1. The molecule has 0 bridgehead atoms. The fraction of sp³-hybridized carbons (Fsp3) is 0.625. The summed E-state index contributed by atoms with van der Waals surface area (Å²) in [5, 5.41) is 17.1. The Labute approximate surface area is 82.5 Å². The Morgan fingerprint density at radius 1 is 1.77 bits per heavy atom. The molecule has 0 amide bonds. The molecule has 1 aromatic rings. The molecule has 5 heteroatoms. The molecule has 4 nitrogen and oxygen atoms in total. The van der Waals surface area contributed by atoms with Gasteiger partial charge in [0.2, 0.25) is 0 Å². The molecule has 0 radical (unpaired) electrons. The molecule has 13 heavy (non-hydrogen) atoms. The molecule has 1 heterocycles. The summed E-state index contributed by atoms with van der Waals surface area (Å²) in [4.78, 5) is 0. The van der Waals surface area contributed by atoms with Crippen LogP contribution in [-0.4, -0.2) is 34.6 Å². The van der Waals surface area contributed by atoms with Gasteiger partial charge in [0.05, 0.1) is 23.4 Å². The smallest absolute Gasteiger partial charge is 0.0860 e. The third kappa shape index (κ3) is 2.99. The van der Waals surface area contributed by atoms with E-state index in [-0.39, 0.29) is 0 Å². The van der Waals surface area contributed by atoms with Crippen LogP contribution in [0.4, 0.5) is 0 Å². The van der Waals surface area contributed by atoms with Crippen LogP contribution in [0, 0.1) is 6.92 Å². The molecule has 2 N–H and O–H groups in total. The van der Waals surface area contributed by atoms with Gasteiger partial charge in [-0.05, 0) is 14.0 Å². The number of nitrogens with zero attached hydrogens (tertiary/aromatic N) is 2. The summed E-state index contributed by atoms with van der Waals surface area (Å²) in [5.74, 6) is 0. The molecule has 74 valence electrons. The molecule has 0 fully saturated rings. The minimum Gasteiger partial charge on any atom is -0.390 e. The molecular weight excluding hydrogens is 190 g/mol. The zero-order valence-electron chi connectivity index (χ0n) is 7.79. The second-order valence-corrected chi connectivity index (χ2v) is 3.40. The van der Waals surface area contributed by atoms with Gasteiger partial charge in [-0.3, -0.25) is 4.68 Å². The lowest BCUT2D eigenvalue weighted by molar-refractivity contribution is 0.149. The number of nitrogens with one attached hydrogen (secondary N) is 1. The van der Waals surface area contributed by atoms with Gasteiger partial charge in [0, 0.05) is 12.7 Å². The number of aliphatic hydroxyl groups excluding tert-OH is 1. The van der Waals surface area contributed by atoms with Gasteiger partial charge in [-0.1, -0.05) is 11.6 Å². The van der Waals surface area contributed by atoms with Crippen LogP contribution in [0.25, 0.3) is 0 Å². The highest BCUT2D eigenvalue weighted by Gasteiger charge is 2.06. The predicted octanol–water partition coefficient (Wildman–Crippen LogP) is 0.425. The summed E-state index contributed by atoms with van der Waals surface area (Å²) in [6.07, 6.45) is 1.29. The fourth-order valence-electron chi connectivity index (χ4n) is 1.10. The Morgan fingerprint density at radius 2 is 2.46 bits per heavy atom. The van der Waals surface area contributed by atoms with Gasteiger partial charge in [-0.15, -0.1) is 0 Å². The summed E-state index contributed by atoms with van der Waals surface area (Å²) in [6.45, 7) is 2.86. The Morgan fingerprint density at radius 3 is 2.92 bits per heavy atom. The average Bonchev–Trinajstić information content (AvgIpc) is 2.31. The van der Waals surface area contributed by atoms with Crippen LogP contribution in [0.15, 0.2) is 6.20 Å². The quantitative estimate of drug-likeness (QED) is 0.746. The molecule has 0 spiro atoms. The monoisotopic (exact) mass is 203 g/mol. The van der Waals surface area contributed by atoms with E-state index in [4.69, 9.17) is 11.6 Å². The van der Waals surface area contributed by atoms with E-state index in [9.17, 15) is 5.11 Å². The van der Waals surface area contributed by atoms with Crippen LogP contribution in [0.1, 0.15) is 5.69 Å². The standard InChI is InChI=1S/C8H14ClN3O/c1-6-8(9)5-12(11-6)4-7(13)3-10-2/h5,7,10,13H,3-4H2,1-2H3. The van der Waals surface area contributed by atoms with Crippen molar-refractivity contribution in [1.29, 1.82) is 0 Å². The minimum absolute atomic E-state index is 0.430. The van der Waals surface area contributed by atoms with Gasteiger partial charge >= 0.3 is 0 Å². The number of hydrogen-bond acceptors (Lipinski definition) is 3. The van der Waals surface area contributed by atoms with E-state index in [1.807, 2.05) is 6.92 Å². The molecule has 1 unspecified atom stereocenters. The first-order valence-corrected chi connectivity index (χ1v) is 4.53. The molecule has 1 rings (SSSR count). The Balaban J connectivity index is 2.53. The highest BCUT2D eigenvalue weighted by atomic mass is 35.5. The molecule has 0 saturated heterocycles. The van der Waals surface area contributed by atoms with Crippen molar-refractivity contribution in [3.05, 3.63) is 16.9 Å². The molecule has 0 aliphatic heterocycles. The molecule has 0 aromatic carbocycles. The maximum absolute atomic E-state index is 9.44. The van der Waals surface area contributed by atoms with Crippen LogP contribution < -0.4 is 5.32 Å². The van der Waals surface area contributed by atoms with Crippen molar-refractivity contribution in [2.24, 2.45) is 0 Å². The van der Waals surface area contributed by atoms with E-state index in [1.54, 1.807) is 17.9 Å². The lowest BCUT2D eigenvalue weighted by Crippen LogP contribution is -2.28. The Bertz CT molecular complexity index is 255. The van der Waals surface area contributed by atoms with Crippen molar-refractivity contribution in [3.8, 4) is 0 Å². The van der Waals surface area contributed by atoms with E-state index in [2.05, 4.69) is 10.4 Å². The van der Waals surface area contributed by atoms with Crippen molar-refractivity contribution >= 4 is 11.6 Å². The minimum atomic E-state index is -0.430. The summed E-state index contributed by atoms with van der Waals surface area (Å²) in [7, 11) is 1.80. The van der Waals surface area contributed by atoms with Crippen LogP contribution in [0.2, 0.25) is 5.02 Å². The first-order chi connectivity index (χ1) is 6.13. The summed E-state index contributed by atoms with van der Waals surface area (Å²) < 4.78 is 1.65. The molecule has 0 aliphatic carbocycles. The second-order valence-electron chi connectivity index (χ2n) is 3.00. The number of halogens is 1. The maximum atomic E-state index is 9.44. The molecule has 0 aliphatic rings. The lowest BCUT2D eigenvalue weighted by Gasteiger charge is -2.08. The number of aryl methyl sites for hydroxylation is 1. The van der Waals surface area contributed by atoms with Crippen molar-refractivity contribution < 1.29 is 5.11 Å². The Hall–Kier alpha value is -0.580. The molecule has 1 atom stereocenters. The van der Waals surface area contributed by atoms with Crippen molar-refractivity contribution in [2.75, 3.05) is 13.6 Å². The third-order valence-electron chi connectivity index (χ3n) is 1.72. The molecule has 0 saturated carbocycles. The predicted molar refractivity (Wildman–Crippen MR) is 51.9 cm³/mol. The van der Waals surface area contributed by atoms with E-state index in [0.717, 1.165) is 5.69 Å². The van der Waals surface area contributed by atoms with Crippen LogP contribution in [0.3, 0.4) is 0 Å². The summed E-state index contributed by atoms with van der Waals surface area (Å²) in [6, 6.07) is 0. The second kappa shape index (κ2) is 4.60. The molecular formula is C8H14ClN3O. The number of likely N-dealkylation sites (N-methyl/N-ethyl adjacent to an activating group) is 1. The maximum Gasteiger partial charge on any atom is 0.0860 e. The highest BCUT2D eigenvalue weighted by Crippen LogP contribution is 2.11. The number of hydrogen-bond donors (Lipinski definition) is 2.